The number of esters is 1. The Hall–Kier alpha value is -1.71. The predicted octanol–water partition coefficient (Wildman–Crippen LogP) is 2.45. The van der Waals surface area contributed by atoms with E-state index >= 15 is 0 Å². The Balaban J connectivity index is 2.15. The third kappa shape index (κ3) is 3.19. The molecule has 1 atom stereocenters. The van der Waals surface area contributed by atoms with Gasteiger partial charge in [0, 0.05) is 0 Å². The van der Waals surface area contributed by atoms with E-state index in [0.29, 0.717) is 19.6 Å². The summed E-state index contributed by atoms with van der Waals surface area (Å²) < 4.78 is 15.9. The number of ether oxygens (including phenoxy) is 3. The van der Waals surface area contributed by atoms with E-state index in [0.717, 1.165) is 17.1 Å². The predicted molar refractivity (Wildman–Crippen MR) is 71.5 cm³/mol. The number of carbonyl (C=O) groups excluding carboxylic acids is 1. The molecule has 1 aliphatic rings. The fourth-order valence-corrected chi connectivity index (χ4v) is 2.21. The van der Waals surface area contributed by atoms with Crippen LogP contribution in [0, 0.1) is 11.8 Å². The van der Waals surface area contributed by atoms with Crippen molar-refractivity contribution in [2.24, 2.45) is 11.8 Å². The van der Waals surface area contributed by atoms with Gasteiger partial charge in [0.2, 0.25) is 0 Å². The number of carbonyl (C=O) groups is 1. The van der Waals surface area contributed by atoms with Gasteiger partial charge in [-0.15, -0.1) is 0 Å². The number of fused-ring (bicyclic) bond motifs is 1. The van der Waals surface area contributed by atoms with Crippen molar-refractivity contribution in [1.82, 2.24) is 0 Å². The van der Waals surface area contributed by atoms with Crippen molar-refractivity contribution in [3.63, 3.8) is 0 Å². The maximum absolute atomic E-state index is 11.8. The molecule has 0 aromatic heterocycles. The molecule has 0 fully saturated rings. The highest BCUT2D eigenvalue weighted by Crippen LogP contribution is 2.32. The number of hydrogen-bond donors (Lipinski definition) is 0. The molecule has 1 aliphatic heterocycles. The fraction of sp³-hybridized carbons (Fsp3) is 0.533. The highest BCUT2D eigenvalue weighted by atomic mass is 16.6. The Morgan fingerprint density at radius 3 is 2.58 bits per heavy atom. The zero-order chi connectivity index (χ0) is 13.8. The minimum Gasteiger partial charge on any atom is -0.486 e. The summed E-state index contributed by atoms with van der Waals surface area (Å²) in [6.07, 6.45) is 0.654. The van der Waals surface area contributed by atoms with Gasteiger partial charge >= 0.3 is 5.97 Å². The molecular weight excluding hydrogens is 244 g/mol. The Labute approximate surface area is 113 Å². The zero-order valence-corrected chi connectivity index (χ0v) is 11.6. The van der Waals surface area contributed by atoms with Crippen molar-refractivity contribution >= 4 is 5.97 Å². The van der Waals surface area contributed by atoms with E-state index in [1.54, 1.807) is 0 Å². The van der Waals surface area contributed by atoms with Crippen LogP contribution in [0.15, 0.2) is 18.2 Å². The SMILES string of the molecule is COC(=O)C(Cc1ccc2c(c1)OCCO2)C(C)C. The minimum absolute atomic E-state index is 0.132. The van der Waals surface area contributed by atoms with Crippen molar-refractivity contribution in [2.75, 3.05) is 20.3 Å². The zero-order valence-electron chi connectivity index (χ0n) is 11.6. The van der Waals surface area contributed by atoms with Crippen LogP contribution in [0.4, 0.5) is 0 Å². The van der Waals surface area contributed by atoms with E-state index in [4.69, 9.17) is 14.2 Å². The molecule has 1 unspecified atom stereocenters. The van der Waals surface area contributed by atoms with Crippen molar-refractivity contribution < 1.29 is 19.0 Å². The minimum atomic E-state index is -0.162. The van der Waals surface area contributed by atoms with Crippen LogP contribution in [-0.4, -0.2) is 26.3 Å². The first-order chi connectivity index (χ1) is 9.11. The molecule has 0 amide bonds. The first-order valence-corrected chi connectivity index (χ1v) is 6.58. The van der Waals surface area contributed by atoms with E-state index in [9.17, 15) is 4.79 Å². The summed E-state index contributed by atoms with van der Waals surface area (Å²) in [5, 5.41) is 0. The lowest BCUT2D eigenvalue weighted by atomic mass is 9.89. The van der Waals surface area contributed by atoms with E-state index < -0.39 is 0 Å². The van der Waals surface area contributed by atoms with Crippen LogP contribution in [0.1, 0.15) is 19.4 Å². The van der Waals surface area contributed by atoms with Crippen LogP contribution < -0.4 is 9.47 Å². The van der Waals surface area contributed by atoms with E-state index in [1.807, 2.05) is 32.0 Å². The molecule has 19 heavy (non-hydrogen) atoms. The molecule has 4 heteroatoms. The standard InChI is InChI=1S/C15H20O4/c1-10(2)12(15(16)17-3)8-11-4-5-13-14(9-11)19-7-6-18-13/h4-5,9-10,12H,6-8H2,1-3H3. The molecule has 0 saturated carbocycles. The van der Waals surface area contributed by atoms with Crippen molar-refractivity contribution in [3.8, 4) is 11.5 Å². The highest BCUT2D eigenvalue weighted by molar-refractivity contribution is 5.73. The molecule has 104 valence electrons. The summed E-state index contributed by atoms with van der Waals surface area (Å²) in [6, 6.07) is 5.83. The van der Waals surface area contributed by atoms with Gasteiger partial charge in [-0.25, -0.2) is 0 Å². The van der Waals surface area contributed by atoms with Gasteiger partial charge in [0.15, 0.2) is 11.5 Å². The Bertz CT molecular complexity index is 453. The second-order valence-electron chi connectivity index (χ2n) is 5.06. The lowest BCUT2D eigenvalue weighted by Gasteiger charge is -2.21. The Morgan fingerprint density at radius 2 is 1.95 bits per heavy atom. The summed E-state index contributed by atoms with van der Waals surface area (Å²) in [7, 11) is 1.43. The topological polar surface area (TPSA) is 44.8 Å². The lowest BCUT2D eigenvalue weighted by Crippen LogP contribution is -2.24. The molecule has 0 bridgehead atoms. The van der Waals surface area contributed by atoms with Gasteiger partial charge in [-0.2, -0.15) is 0 Å². The molecule has 1 heterocycles. The van der Waals surface area contributed by atoms with E-state index in [2.05, 4.69) is 0 Å². The maximum atomic E-state index is 11.8. The normalized spacial score (nSPS) is 15.2. The highest BCUT2D eigenvalue weighted by Gasteiger charge is 2.24. The fourth-order valence-electron chi connectivity index (χ4n) is 2.21. The van der Waals surface area contributed by atoms with Gasteiger partial charge in [-0.05, 0) is 30.0 Å². The van der Waals surface area contributed by atoms with Crippen molar-refractivity contribution in [3.05, 3.63) is 23.8 Å². The molecule has 1 aromatic carbocycles. The summed E-state index contributed by atoms with van der Waals surface area (Å²) >= 11 is 0. The van der Waals surface area contributed by atoms with Crippen molar-refractivity contribution in [1.29, 1.82) is 0 Å². The quantitative estimate of drug-likeness (QED) is 0.784. The molecule has 4 nitrogen and oxygen atoms in total. The number of hydrogen-bond acceptors (Lipinski definition) is 4. The van der Waals surface area contributed by atoms with Gasteiger partial charge < -0.3 is 14.2 Å². The van der Waals surface area contributed by atoms with Gasteiger partial charge in [0.05, 0.1) is 13.0 Å². The van der Waals surface area contributed by atoms with Gasteiger partial charge in [0.1, 0.15) is 13.2 Å². The van der Waals surface area contributed by atoms with Crippen molar-refractivity contribution in [2.45, 2.75) is 20.3 Å². The lowest BCUT2D eigenvalue weighted by molar-refractivity contribution is -0.146. The summed E-state index contributed by atoms with van der Waals surface area (Å²) in [6.45, 7) is 5.21. The third-order valence-electron chi connectivity index (χ3n) is 3.37. The van der Waals surface area contributed by atoms with Crippen LogP contribution in [0.2, 0.25) is 0 Å². The largest absolute Gasteiger partial charge is 0.486 e. The molecule has 0 radical (unpaired) electrons. The molecule has 0 aliphatic carbocycles. The summed E-state index contributed by atoms with van der Waals surface area (Å²) in [4.78, 5) is 11.8. The second-order valence-corrected chi connectivity index (χ2v) is 5.06. The Morgan fingerprint density at radius 1 is 1.26 bits per heavy atom. The molecule has 0 saturated heterocycles. The van der Waals surface area contributed by atoms with Crippen LogP contribution in [0.3, 0.4) is 0 Å². The smallest absolute Gasteiger partial charge is 0.309 e. The van der Waals surface area contributed by atoms with E-state index in [1.165, 1.54) is 7.11 Å². The molecule has 0 N–H and O–H groups in total. The summed E-state index contributed by atoms with van der Waals surface area (Å²) in [5.74, 6) is 1.48. The molecule has 2 rings (SSSR count). The number of benzene rings is 1. The second kappa shape index (κ2) is 5.95. The number of methoxy groups -OCH3 is 1. The molecular formula is C15H20O4. The van der Waals surface area contributed by atoms with Gasteiger partial charge in [-0.3, -0.25) is 4.79 Å². The average molecular weight is 264 g/mol. The van der Waals surface area contributed by atoms with Gasteiger partial charge in [0.25, 0.3) is 0 Å². The van der Waals surface area contributed by atoms with Crippen LogP contribution in [0.25, 0.3) is 0 Å². The monoisotopic (exact) mass is 264 g/mol. The van der Waals surface area contributed by atoms with Gasteiger partial charge in [-0.1, -0.05) is 19.9 Å². The number of rotatable bonds is 4. The Kier molecular flexibility index (Phi) is 4.30. The maximum Gasteiger partial charge on any atom is 0.309 e. The summed E-state index contributed by atoms with van der Waals surface area (Å²) in [5.41, 5.74) is 1.06. The van der Waals surface area contributed by atoms with Crippen LogP contribution in [0.5, 0.6) is 11.5 Å². The van der Waals surface area contributed by atoms with Crippen LogP contribution >= 0.6 is 0 Å². The average Bonchev–Trinajstić information content (AvgIpc) is 2.43. The molecule has 1 aromatic rings. The first-order valence-electron chi connectivity index (χ1n) is 6.58. The third-order valence-corrected chi connectivity index (χ3v) is 3.37. The van der Waals surface area contributed by atoms with E-state index in [-0.39, 0.29) is 17.8 Å². The molecule has 0 spiro atoms. The van der Waals surface area contributed by atoms with Crippen LogP contribution in [-0.2, 0) is 16.0 Å². The first kappa shape index (κ1) is 13.7.